The molecule has 0 saturated carbocycles. The summed E-state index contributed by atoms with van der Waals surface area (Å²) in [6.07, 6.45) is 0. The predicted molar refractivity (Wildman–Crippen MR) is 75.1 cm³/mol. The first kappa shape index (κ1) is 12.1. The van der Waals surface area contributed by atoms with Gasteiger partial charge in [-0.15, -0.1) is 22.7 Å². The lowest BCUT2D eigenvalue weighted by molar-refractivity contribution is 0.899. The number of hydrogen-bond donors (Lipinski definition) is 1. The summed E-state index contributed by atoms with van der Waals surface area (Å²) in [6.45, 7) is 0. The topological polar surface area (TPSA) is 26.0 Å². The molecule has 0 spiro atoms. The largest absolute Gasteiger partial charge is 0.320 e. The van der Waals surface area contributed by atoms with Gasteiger partial charge in [-0.2, -0.15) is 0 Å². The minimum Gasteiger partial charge on any atom is -0.320 e. The maximum absolute atomic E-state index is 6.13. The van der Waals surface area contributed by atoms with Crippen LogP contribution in [0.1, 0.15) is 16.5 Å². The van der Waals surface area contributed by atoms with Gasteiger partial charge in [0.05, 0.1) is 18.6 Å². The second-order valence-electron chi connectivity index (χ2n) is 2.93. The van der Waals surface area contributed by atoms with E-state index in [2.05, 4.69) is 37.2 Å². The van der Waals surface area contributed by atoms with Crippen LogP contribution in [0.5, 0.6) is 0 Å². The summed E-state index contributed by atoms with van der Waals surface area (Å²) in [5.74, 6) is 0. The summed E-state index contributed by atoms with van der Waals surface area (Å²) in [5, 5.41) is 2.77. The molecule has 0 radical (unpaired) electrons. The van der Waals surface area contributed by atoms with Gasteiger partial charge in [0.15, 0.2) is 0 Å². The fourth-order valence-corrected chi connectivity index (χ4v) is 4.16. The van der Waals surface area contributed by atoms with Crippen molar-refractivity contribution in [2.75, 3.05) is 0 Å². The van der Waals surface area contributed by atoms with E-state index in [4.69, 9.17) is 17.3 Å². The second-order valence-corrected chi connectivity index (χ2v) is 8.03. The third kappa shape index (κ3) is 2.65. The lowest BCUT2D eigenvalue weighted by atomic mass is 10.1. The average molecular weight is 388 g/mol. The van der Waals surface area contributed by atoms with E-state index in [-0.39, 0.29) is 6.04 Å². The molecule has 1 nitrogen and oxygen atoms in total. The lowest BCUT2D eigenvalue weighted by Gasteiger charge is -2.05. The number of halogens is 3. The molecule has 2 aromatic rings. The molecule has 1 unspecified atom stereocenters. The molecule has 0 amide bonds. The van der Waals surface area contributed by atoms with Crippen LogP contribution in [0.15, 0.2) is 25.1 Å². The Balaban J connectivity index is 2.31. The molecule has 0 fully saturated rings. The molecule has 2 aromatic heterocycles. The average Bonchev–Trinajstić information content (AvgIpc) is 2.74. The van der Waals surface area contributed by atoms with Gasteiger partial charge >= 0.3 is 0 Å². The van der Waals surface area contributed by atoms with Crippen molar-refractivity contribution in [2.24, 2.45) is 5.73 Å². The van der Waals surface area contributed by atoms with Gasteiger partial charge in [-0.05, 0) is 54.9 Å². The molecular weight excluding hydrogens is 382 g/mol. The Morgan fingerprint density at radius 1 is 1.33 bits per heavy atom. The molecule has 1 atom stereocenters. The Labute approximate surface area is 118 Å². The van der Waals surface area contributed by atoms with Crippen LogP contribution in [0.3, 0.4) is 0 Å². The van der Waals surface area contributed by atoms with Gasteiger partial charge in [-0.25, -0.2) is 0 Å². The summed E-state index contributed by atoms with van der Waals surface area (Å²) in [7, 11) is 0. The molecule has 0 bridgehead atoms. The molecule has 2 N–H and O–H groups in total. The van der Waals surface area contributed by atoms with E-state index in [0.29, 0.717) is 0 Å². The summed E-state index contributed by atoms with van der Waals surface area (Å²) in [4.78, 5) is 1.07. The molecule has 0 saturated heterocycles. The summed E-state index contributed by atoms with van der Waals surface area (Å²) < 4.78 is 2.03. The molecule has 6 heteroatoms. The molecule has 2 heterocycles. The van der Waals surface area contributed by atoms with Crippen LogP contribution in [-0.2, 0) is 0 Å². The van der Waals surface area contributed by atoms with Crippen LogP contribution in [0.4, 0.5) is 0 Å². The fourth-order valence-electron chi connectivity index (χ4n) is 1.17. The Morgan fingerprint density at radius 3 is 2.53 bits per heavy atom. The SMILES string of the molecule is NC(c1csc(Br)c1)c1cc(Cl)c(Br)s1. The quantitative estimate of drug-likeness (QED) is 0.768. The number of hydrogen-bond acceptors (Lipinski definition) is 3. The normalized spacial score (nSPS) is 13.1. The van der Waals surface area contributed by atoms with Gasteiger partial charge in [0.1, 0.15) is 0 Å². The van der Waals surface area contributed by atoms with E-state index in [1.54, 1.807) is 22.7 Å². The maximum atomic E-state index is 6.13. The molecular formula is C9H6Br2ClNS2. The van der Waals surface area contributed by atoms with E-state index in [0.717, 1.165) is 23.0 Å². The highest BCUT2D eigenvalue weighted by atomic mass is 79.9. The van der Waals surface area contributed by atoms with Crippen LogP contribution in [0.25, 0.3) is 0 Å². The highest BCUT2D eigenvalue weighted by molar-refractivity contribution is 9.11. The van der Waals surface area contributed by atoms with Gasteiger partial charge in [0.25, 0.3) is 0 Å². The summed E-state index contributed by atoms with van der Waals surface area (Å²) >= 11 is 16.0. The van der Waals surface area contributed by atoms with Crippen LogP contribution in [-0.4, -0.2) is 0 Å². The van der Waals surface area contributed by atoms with E-state index in [9.17, 15) is 0 Å². The van der Waals surface area contributed by atoms with Crippen molar-refractivity contribution in [2.45, 2.75) is 6.04 Å². The second kappa shape index (κ2) is 4.85. The Hall–Kier alpha value is 0.610. The summed E-state index contributed by atoms with van der Waals surface area (Å²) in [6, 6.07) is 3.85. The number of thiophene rings is 2. The molecule has 0 aliphatic carbocycles. The summed E-state index contributed by atoms with van der Waals surface area (Å²) in [5.41, 5.74) is 7.24. The fraction of sp³-hybridized carbons (Fsp3) is 0.111. The van der Waals surface area contributed by atoms with E-state index in [1.165, 1.54) is 0 Å². The van der Waals surface area contributed by atoms with Crippen LogP contribution in [0.2, 0.25) is 5.02 Å². The van der Waals surface area contributed by atoms with Crippen molar-refractivity contribution < 1.29 is 0 Å². The lowest BCUT2D eigenvalue weighted by Crippen LogP contribution is -2.08. The van der Waals surface area contributed by atoms with Crippen molar-refractivity contribution in [3.8, 4) is 0 Å². The third-order valence-corrected chi connectivity index (χ3v) is 6.00. The maximum Gasteiger partial charge on any atom is 0.0888 e. The van der Waals surface area contributed by atoms with Crippen LogP contribution >= 0.6 is 66.1 Å². The minimum atomic E-state index is -0.0960. The first-order valence-corrected chi connectivity index (χ1v) is 7.68. The smallest absolute Gasteiger partial charge is 0.0888 e. The standard InChI is InChI=1S/C9H6Br2ClNS2/c10-7-1-4(3-14-7)8(13)6-2-5(12)9(11)15-6/h1-3,8H,13H2. The first-order valence-electron chi connectivity index (χ1n) is 4.02. The molecule has 0 aliphatic heterocycles. The minimum absolute atomic E-state index is 0.0960. The number of rotatable bonds is 2. The zero-order valence-corrected chi connectivity index (χ0v) is 12.9. The van der Waals surface area contributed by atoms with Crippen LogP contribution < -0.4 is 5.73 Å². The van der Waals surface area contributed by atoms with Gasteiger partial charge < -0.3 is 5.73 Å². The van der Waals surface area contributed by atoms with Gasteiger partial charge in [0.2, 0.25) is 0 Å². The number of nitrogens with two attached hydrogens (primary N) is 1. The molecule has 0 aromatic carbocycles. The zero-order valence-electron chi connectivity index (χ0n) is 7.34. The van der Waals surface area contributed by atoms with E-state index >= 15 is 0 Å². The van der Waals surface area contributed by atoms with Gasteiger partial charge in [-0.1, -0.05) is 11.6 Å². The Bertz CT molecular complexity index is 461. The monoisotopic (exact) mass is 385 g/mol. The van der Waals surface area contributed by atoms with Crippen molar-refractivity contribution in [1.82, 2.24) is 0 Å². The van der Waals surface area contributed by atoms with Crippen molar-refractivity contribution >= 4 is 66.1 Å². The molecule has 15 heavy (non-hydrogen) atoms. The molecule has 0 aliphatic rings. The van der Waals surface area contributed by atoms with E-state index < -0.39 is 0 Å². The molecule has 80 valence electrons. The van der Waals surface area contributed by atoms with Crippen molar-refractivity contribution in [3.05, 3.63) is 40.5 Å². The predicted octanol–water partition coefficient (Wildman–Crippen LogP) is 5.04. The van der Waals surface area contributed by atoms with Crippen molar-refractivity contribution in [3.63, 3.8) is 0 Å². The van der Waals surface area contributed by atoms with E-state index in [1.807, 2.05) is 12.1 Å². The highest BCUT2D eigenvalue weighted by Gasteiger charge is 2.15. The van der Waals surface area contributed by atoms with Crippen LogP contribution in [0, 0.1) is 0 Å². The first-order chi connectivity index (χ1) is 7.08. The Morgan fingerprint density at radius 2 is 2.07 bits per heavy atom. The highest BCUT2D eigenvalue weighted by Crippen LogP contribution is 2.37. The molecule has 2 rings (SSSR count). The van der Waals surface area contributed by atoms with Gasteiger partial charge in [-0.3, -0.25) is 0 Å². The van der Waals surface area contributed by atoms with Crippen molar-refractivity contribution in [1.29, 1.82) is 0 Å². The Kier molecular flexibility index (Phi) is 3.91. The third-order valence-electron chi connectivity index (χ3n) is 1.92. The zero-order chi connectivity index (χ0) is 11.0. The van der Waals surface area contributed by atoms with Gasteiger partial charge in [0, 0.05) is 4.88 Å².